The van der Waals surface area contributed by atoms with Gasteiger partial charge in [0.2, 0.25) is 5.56 Å². The van der Waals surface area contributed by atoms with Crippen LogP contribution in [0.4, 0.5) is 5.69 Å². The van der Waals surface area contributed by atoms with Gasteiger partial charge >= 0.3 is 0 Å². The number of carbonyl (C=O) groups excluding carboxylic acids is 1. The second-order valence-corrected chi connectivity index (χ2v) is 5.09. The van der Waals surface area contributed by atoms with Crippen LogP contribution in [0.1, 0.15) is 41.3 Å². The van der Waals surface area contributed by atoms with E-state index in [1.54, 1.807) is 6.07 Å². The maximum Gasteiger partial charge on any atom is 0.255 e. The van der Waals surface area contributed by atoms with Crippen LogP contribution in [0.25, 0.3) is 0 Å². The van der Waals surface area contributed by atoms with E-state index in [1.807, 2.05) is 25.1 Å². The summed E-state index contributed by atoms with van der Waals surface area (Å²) >= 11 is 0. The summed E-state index contributed by atoms with van der Waals surface area (Å²) in [4.78, 5) is 26.0. The van der Waals surface area contributed by atoms with Crippen molar-refractivity contribution < 1.29 is 4.79 Å². The van der Waals surface area contributed by atoms with E-state index in [-0.39, 0.29) is 11.5 Å². The Morgan fingerprint density at radius 2 is 2.00 bits per heavy atom. The highest BCUT2D eigenvalue weighted by Crippen LogP contribution is 2.27. The molecule has 0 aliphatic carbocycles. The molecular formula is C16H18N2O2. The number of aromatic amines is 1. The molecular weight excluding hydrogens is 252 g/mol. The molecule has 0 unspecified atom stereocenters. The average molecular weight is 270 g/mol. The molecule has 0 aliphatic heterocycles. The van der Waals surface area contributed by atoms with Crippen LogP contribution in [-0.4, -0.2) is 10.9 Å². The van der Waals surface area contributed by atoms with Gasteiger partial charge in [0.05, 0.1) is 0 Å². The topological polar surface area (TPSA) is 62.0 Å². The monoisotopic (exact) mass is 270 g/mol. The first-order chi connectivity index (χ1) is 9.49. The predicted octanol–water partition coefficient (Wildman–Crippen LogP) is 3.06. The van der Waals surface area contributed by atoms with Gasteiger partial charge in [0.15, 0.2) is 0 Å². The van der Waals surface area contributed by atoms with Gasteiger partial charge in [0.25, 0.3) is 5.91 Å². The highest BCUT2D eigenvalue weighted by molar-refractivity contribution is 6.05. The minimum atomic E-state index is -0.286. The molecule has 104 valence electrons. The number of pyridine rings is 1. The molecule has 2 aromatic rings. The number of para-hydroxylation sites is 1. The van der Waals surface area contributed by atoms with E-state index >= 15 is 0 Å². The predicted molar refractivity (Wildman–Crippen MR) is 80.3 cm³/mol. The fourth-order valence-corrected chi connectivity index (χ4v) is 2.11. The summed E-state index contributed by atoms with van der Waals surface area (Å²) in [6, 6.07) is 8.82. The van der Waals surface area contributed by atoms with Crippen LogP contribution < -0.4 is 10.9 Å². The van der Waals surface area contributed by atoms with Crippen LogP contribution in [0, 0.1) is 6.92 Å². The Kier molecular flexibility index (Phi) is 4.03. The zero-order valence-corrected chi connectivity index (χ0v) is 11.9. The fourth-order valence-electron chi connectivity index (χ4n) is 2.11. The van der Waals surface area contributed by atoms with Gasteiger partial charge < -0.3 is 10.3 Å². The number of aromatic nitrogens is 1. The second kappa shape index (κ2) is 5.74. The van der Waals surface area contributed by atoms with Crippen molar-refractivity contribution in [1.82, 2.24) is 4.98 Å². The summed E-state index contributed by atoms with van der Waals surface area (Å²) in [7, 11) is 0. The van der Waals surface area contributed by atoms with Gasteiger partial charge in [-0.1, -0.05) is 32.0 Å². The van der Waals surface area contributed by atoms with Gasteiger partial charge in [-0.15, -0.1) is 0 Å². The normalized spacial score (nSPS) is 10.6. The maximum absolute atomic E-state index is 12.2. The molecule has 20 heavy (non-hydrogen) atoms. The fraction of sp³-hybridized carbons (Fsp3) is 0.250. The molecule has 0 atom stereocenters. The van der Waals surface area contributed by atoms with Gasteiger partial charge in [-0.05, 0) is 30.0 Å². The average Bonchev–Trinajstić information content (AvgIpc) is 2.40. The Morgan fingerprint density at radius 3 is 2.65 bits per heavy atom. The standard InChI is InChI=1S/C16H18N2O2/c1-10(2)13-6-4-5-11(3)15(13)18-16(20)12-7-8-17-14(19)9-12/h4-10H,1-3H3,(H,17,19)(H,18,20). The van der Waals surface area contributed by atoms with Crippen molar-refractivity contribution >= 4 is 11.6 Å². The zero-order chi connectivity index (χ0) is 14.7. The van der Waals surface area contributed by atoms with E-state index in [2.05, 4.69) is 24.1 Å². The number of carbonyl (C=O) groups is 1. The number of amides is 1. The molecule has 2 rings (SSSR count). The van der Waals surface area contributed by atoms with Crippen molar-refractivity contribution in [2.45, 2.75) is 26.7 Å². The summed E-state index contributed by atoms with van der Waals surface area (Å²) in [5.74, 6) is 0.0386. The van der Waals surface area contributed by atoms with Gasteiger partial charge in [0.1, 0.15) is 0 Å². The Balaban J connectivity index is 2.35. The minimum absolute atomic E-state index is 0.271. The lowest BCUT2D eigenvalue weighted by atomic mass is 9.98. The van der Waals surface area contributed by atoms with Crippen molar-refractivity contribution in [1.29, 1.82) is 0 Å². The smallest absolute Gasteiger partial charge is 0.255 e. The van der Waals surface area contributed by atoms with Crippen molar-refractivity contribution in [3.05, 3.63) is 63.6 Å². The Hall–Kier alpha value is -2.36. The molecule has 0 aliphatic rings. The zero-order valence-electron chi connectivity index (χ0n) is 11.9. The van der Waals surface area contributed by atoms with Crippen molar-refractivity contribution in [2.75, 3.05) is 5.32 Å². The number of nitrogens with one attached hydrogen (secondary N) is 2. The summed E-state index contributed by atoms with van der Waals surface area (Å²) in [5, 5.41) is 2.91. The van der Waals surface area contributed by atoms with Gasteiger partial charge in [-0.25, -0.2) is 0 Å². The molecule has 1 amide bonds. The Labute approximate surface area is 117 Å². The van der Waals surface area contributed by atoms with Crippen LogP contribution >= 0.6 is 0 Å². The highest BCUT2D eigenvalue weighted by Gasteiger charge is 2.13. The lowest BCUT2D eigenvalue weighted by molar-refractivity contribution is 0.102. The summed E-state index contributed by atoms with van der Waals surface area (Å²) < 4.78 is 0. The van der Waals surface area contributed by atoms with E-state index < -0.39 is 0 Å². The number of anilines is 1. The number of aryl methyl sites for hydroxylation is 1. The molecule has 0 bridgehead atoms. The van der Waals surface area contributed by atoms with Crippen LogP contribution in [0.3, 0.4) is 0 Å². The van der Waals surface area contributed by atoms with Gasteiger partial charge in [0, 0.05) is 23.5 Å². The molecule has 0 radical (unpaired) electrons. The molecule has 2 N–H and O–H groups in total. The van der Waals surface area contributed by atoms with E-state index in [0.717, 1.165) is 16.8 Å². The van der Waals surface area contributed by atoms with Crippen LogP contribution in [0.15, 0.2) is 41.3 Å². The van der Waals surface area contributed by atoms with Crippen molar-refractivity contribution in [2.24, 2.45) is 0 Å². The van der Waals surface area contributed by atoms with E-state index in [4.69, 9.17) is 0 Å². The van der Waals surface area contributed by atoms with Crippen LogP contribution in [0.2, 0.25) is 0 Å². The molecule has 0 fully saturated rings. The number of hydrogen-bond acceptors (Lipinski definition) is 2. The van der Waals surface area contributed by atoms with Crippen LogP contribution in [0.5, 0.6) is 0 Å². The Bertz CT molecular complexity index is 687. The third-order valence-corrected chi connectivity index (χ3v) is 3.20. The number of hydrogen-bond donors (Lipinski definition) is 2. The summed E-state index contributed by atoms with van der Waals surface area (Å²) in [5.41, 5.74) is 2.99. The second-order valence-electron chi connectivity index (χ2n) is 5.09. The lowest BCUT2D eigenvalue weighted by Crippen LogP contribution is -2.17. The minimum Gasteiger partial charge on any atom is -0.329 e. The van der Waals surface area contributed by atoms with E-state index in [1.165, 1.54) is 12.3 Å². The molecule has 0 saturated carbocycles. The molecule has 0 spiro atoms. The largest absolute Gasteiger partial charge is 0.329 e. The number of rotatable bonds is 3. The summed E-state index contributed by atoms with van der Waals surface area (Å²) in [6.45, 7) is 6.12. The first kappa shape index (κ1) is 14.1. The molecule has 4 nitrogen and oxygen atoms in total. The first-order valence-corrected chi connectivity index (χ1v) is 6.58. The highest BCUT2D eigenvalue weighted by atomic mass is 16.2. The number of benzene rings is 1. The van der Waals surface area contributed by atoms with Gasteiger partial charge in [-0.2, -0.15) is 0 Å². The van der Waals surface area contributed by atoms with Gasteiger partial charge in [-0.3, -0.25) is 9.59 Å². The number of H-pyrrole nitrogens is 1. The summed E-state index contributed by atoms with van der Waals surface area (Å²) in [6.07, 6.45) is 1.47. The van der Waals surface area contributed by atoms with Crippen LogP contribution in [-0.2, 0) is 0 Å². The van der Waals surface area contributed by atoms with E-state index in [9.17, 15) is 9.59 Å². The molecule has 1 aromatic heterocycles. The van der Waals surface area contributed by atoms with Crippen molar-refractivity contribution in [3.63, 3.8) is 0 Å². The molecule has 1 aromatic carbocycles. The van der Waals surface area contributed by atoms with E-state index in [0.29, 0.717) is 11.5 Å². The molecule has 0 saturated heterocycles. The SMILES string of the molecule is Cc1cccc(C(C)C)c1NC(=O)c1cc[nH]c(=O)c1. The Morgan fingerprint density at radius 1 is 1.25 bits per heavy atom. The molecule has 1 heterocycles. The third-order valence-electron chi connectivity index (χ3n) is 3.20. The molecule has 4 heteroatoms. The quantitative estimate of drug-likeness (QED) is 0.900. The lowest BCUT2D eigenvalue weighted by Gasteiger charge is -2.16. The maximum atomic E-state index is 12.2. The third kappa shape index (κ3) is 2.96. The van der Waals surface area contributed by atoms with Crippen molar-refractivity contribution in [3.8, 4) is 0 Å². The first-order valence-electron chi connectivity index (χ1n) is 6.58.